The molecule has 3 aromatic heterocycles. The van der Waals surface area contributed by atoms with E-state index in [1.807, 2.05) is 13.0 Å². The molecule has 0 aliphatic heterocycles. The fourth-order valence-electron chi connectivity index (χ4n) is 2.04. The van der Waals surface area contributed by atoms with E-state index in [1.54, 1.807) is 30.0 Å². The van der Waals surface area contributed by atoms with Crippen molar-refractivity contribution in [1.29, 1.82) is 0 Å². The van der Waals surface area contributed by atoms with Gasteiger partial charge in [-0.05, 0) is 19.9 Å². The van der Waals surface area contributed by atoms with E-state index in [0.29, 0.717) is 17.9 Å². The normalized spacial score (nSPS) is 10.8. The first-order valence-electron chi connectivity index (χ1n) is 6.48. The van der Waals surface area contributed by atoms with Crippen LogP contribution in [0.15, 0.2) is 31.1 Å². The number of imidazole rings is 1. The van der Waals surface area contributed by atoms with Gasteiger partial charge in [0.25, 0.3) is 0 Å². The van der Waals surface area contributed by atoms with Crippen LogP contribution in [0.1, 0.15) is 23.1 Å². The van der Waals surface area contributed by atoms with Crippen molar-refractivity contribution in [3.05, 3.63) is 42.5 Å². The molecule has 3 heterocycles. The molecule has 3 rings (SSSR count). The number of carbonyl (C=O) groups is 1. The summed E-state index contributed by atoms with van der Waals surface area (Å²) in [7, 11) is 0. The van der Waals surface area contributed by atoms with Crippen molar-refractivity contribution in [2.45, 2.75) is 13.8 Å². The molecular weight excluding hydrogens is 270 g/mol. The maximum Gasteiger partial charge on any atom is 0.360 e. The van der Waals surface area contributed by atoms with Crippen LogP contribution in [0.5, 0.6) is 0 Å². The Morgan fingerprint density at radius 1 is 1.33 bits per heavy atom. The molecule has 21 heavy (non-hydrogen) atoms. The van der Waals surface area contributed by atoms with Gasteiger partial charge >= 0.3 is 5.97 Å². The number of aryl methyl sites for hydroxylation is 1. The van der Waals surface area contributed by atoms with Crippen LogP contribution in [0.25, 0.3) is 16.9 Å². The van der Waals surface area contributed by atoms with Gasteiger partial charge in [-0.25, -0.2) is 24.7 Å². The van der Waals surface area contributed by atoms with Crippen molar-refractivity contribution >= 4 is 11.6 Å². The number of hydrogen-bond donors (Lipinski definition) is 0. The number of nitrogens with zero attached hydrogens (tertiary/aromatic N) is 5. The van der Waals surface area contributed by atoms with E-state index in [0.717, 1.165) is 11.3 Å². The molecule has 0 saturated carbocycles. The van der Waals surface area contributed by atoms with Crippen LogP contribution in [0.2, 0.25) is 0 Å². The van der Waals surface area contributed by atoms with Crippen molar-refractivity contribution in [3.63, 3.8) is 0 Å². The van der Waals surface area contributed by atoms with Gasteiger partial charge in [0.05, 0.1) is 12.3 Å². The van der Waals surface area contributed by atoms with Gasteiger partial charge in [0, 0.05) is 23.7 Å². The highest BCUT2D eigenvalue weighted by molar-refractivity contribution is 5.94. The third-order valence-corrected chi connectivity index (χ3v) is 3.02. The van der Waals surface area contributed by atoms with Crippen molar-refractivity contribution in [2.75, 3.05) is 6.61 Å². The predicted molar refractivity (Wildman–Crippen MR) is 74.7 cm³/mol. The Morgan fingerprint density at radius 2 is 2.10 bits per heavy atom. The summed E-state index contributed by atoms with van der Waals surface area (Å²) in [5.41, 5.74) is 3.04. The summed E-state index contributed by atoms with van der Waals surface area (Å²) in [6.45, 7) is 3.96. The van der Waals surface area contributed by atoms with Crippen LogP contribution >= 0.6 is 0 Å². The summed E-state index contributed by atoms with van der Waals surface area (Å²) < 4.78 is 6.75. The minimum Gasteiger partial charge on any atom is -0.461 e. The highest BCUT2D eigenvalue weighted by atomic mass is 16.5. The number of aromatic nitrogens is 5. The zero-order valence-corrected chi connectivity index (χ0v) is 11.6. The second-order valence-corrected chi connectivity index (χ2v) is 4.42. The first-order valence-corrected chi connectivity index (χ1v) is 6.48. The minimum atomic E-state index is -0.478. The molecule has 3 aromatic rings. The molecule has 0 aliphatic carbocycles. The molecule has 0 fully saturated rings. The largest absolute Gasteiger partial charge is 0.461 e. The Kier molecular flexibility index (Phi) is 3.31. The molecule has 7 nitrogen and oxygen atoms in total. The maximum absolute atomic E-state index is 11.9. The zero-order chi connectivity index (χ0) is 14.8. The molecule has 0 spiro atoms. The van der Waals surface area contributed by atoms with Crippen molar-refractivity contribution < 1.29 is 9.53 Å². The summed E-state index contributed by atoms with van der Waals surface area (Å²) in [6, 6.07) is 1.89. The SMILES string of the molecule is CCOC(=O)c1ncn2c(C)cc(-c3cncnc3)nc12. The van der Waals surface area contributed by atoms with E-state index in [-0.39, 0.29) is 5.69 Å². The van der Waals surface area contributed by atoms with Crippen LogP contribution in [0.4, 0.5) is 0 Å². The van der Waals surface area contributed by atoms with Crippen molar-refractivity contribution in [1.82, 2.24) is 24.3 Å². The van der Waals surface area contributed by atoms with E-state index in [4.69, 9.17) is 4.74 Å². The van der Waals surface area contributed by atoms with Crippen LogP contribution in [0, 0.1) is 6.92 Å². The zero-order valence-electron chi connectivity index (χ0n) is 11.6. The molecule has 0 unspecified atom stereocenters. The first-order chi connectivity index (χ1) is 10.2. The van der Waals surface area contributed by atoms with Gasteiger partial charge in [-0.2, -0.15) is 0 Å². The maximum atomic E-state index is 11.9. The number of carbonyl (C=O) groups excluding carboxylic acids is 1. The first kappa shape index (κ1) is 13.2. The van der Waals surface area contributed by atoms with Crippen molar-refractivity contribution in [2.24, 2.45) is 0 Å². The molecule has 0 amide bonds. The Labute approximate surface area is 120 Å². The number of esters is 1. The lowest BCUT2D eigenvalue weighted by molar-refractivity contribution is 0.0522. The quantitative estimate of drug-likeness (QED) is 0.680. The summed E-state index contributed by atoms with van der Waals surface area (Å²) in [6.07, 6.45) is 6.37. The second kappa shape index (κ2) is 5.28. The number of fused-ring (bicyclic) bond motifs is 1. The van der Waals surface area contributed by atoms with Crippen LogP contribution < -0.4 is 0 Å². The smallest absolute Gasteiger partial charge is 0.360 e. The van der Waals surface area contributed by atoms with Gasteiger partial charge in [-0.3, -0.25) is 4.40 Å². The lowest BCUT2D eigenvalue weighted by Crippen LogP contribution is -2.07. The van der Waals surface area contributed by atoms with E-state index in [2.05, 4.69) is 19.9 Å². The number of hydrogen-bond acceptors (Lipinski definition) is 6. The molecule has 0 N–H and O–H groups in total. The fourth-order valence-corrected chi connectivity index (χ4v) is 2.04. The van der Waals surface area contributed by atoms with Crippen LogP contribution in [0.3, 0.4) is 0 Å². The van der Waals surface area contributed by atoms with Crippen LogP contribution in [-0.4, -0.2) is 36.9 Å². The Morgan fingerprint density at radius 3 is 2.81 bits per heavy atom. The second-order valence-electron chi connectivity index (χ2n) is 4.42. The summed E-state index contributed by atoms with van der Waals surface area (Å²) in [5.74, 6) is -0.478. The fraction of sp³-hybridized carbons (Fsp3) is 0.214. The lowest BCUT2D eigenvalue weighted by atomic mass is 10.2. The number of rotatable bonds is 3. The molecule has 0 radical (unpaired) electrons. The molecule has 0 aliphatic rings. The molecule has 0 saturated heterocycles. The third kappa shape index (κ3) is 2.33. The molecule has 7 heteroatoms. The lowest BCUT2D eigenvalue weighted by Gasteiger charge is -2.05. The topological polar surface area (TPSA) is 82.3 Å². The highest BCUT2D eigenvalue weighted by Crippen LogP contribution is 2.19. The molecule has 0 aromatic carbocycles. The molecular formula is C14H13N5O2. The third-order valence-electron chi connectivity index (χ3n) is 3.02. The van der Waals surface area contributed by atoms with E-state index < -0.39 is 5.97 Å². The summed E-state index contributed by atoms with van der Waals surface area (Å²) >= 11 is 0. The van der Waals surface area contributed by atoms with Gasteiger partial charge < -0.3 is 4.74 Å². The monoisotopic (exact) mass is 283 g/mol. The van der Waals surface area contributed by atoms with E-state index in [1.165, 1.54) is 6.33 Å². The Bertz CT molecular complexity index is 798. The Hall–Kier alpha value is -2.83. The van der Waals surface area contributed by atoms with Gasteiger partial charge in [-0.15, -0.1) is 0 Å². The van der Waals surface area contributed by atoms with Gasteiger partial charge in [-0.1, -0.05) is 0 Å². The molecule has 106 valence electrons. The average Bonchev–Trinajstić information content (AvgIpc) is 2.93. The van der Waals surface area contributed by atoms with Gasteiger partial charge in [0.2, 0.25) is 0 Å². The van der Waals surface area contributed by atoms with Crippen molar-refractivity contribution in [3.8, 4) is 11.3 Å². The van der Waals surface area contributed by atoms with Crippen LogP contribution in [-0.2, 0) is 4.74 Å². The van der Waals surface area contributed by atoms with Gasteiger partial charge in [0.15, 0.2) is 11.3 Å². The summed E-state index contributed by atoms with van der Waals surface area (Å²) in [5, 5.41) is 0. The highest BCUT2D eigenvalue weighted by Gasteiger charge is 2.17. The molecule has 0 bridgehead atoms. The minimum absolute atomic E-state index is 0.207. The van der Waals surface area contributed by atoms with Gasteiger partial charge in [0.1, 0.15) is 12.7 Å². The molecule has 0 atom stereocenters. The summed E-state index contributed by atoms with van der Waals surface area (Å²) in [4.78, 5) is 28.5. The van der Waals surface area contributed by atoms with E-state index >= 15 is 0 Å². The standard InChI is InChI=1S/C14H13N5O2/c1-3-21-14(20)12-13-18-11(10-5-15-7-16-6-10)4-9(2)19(13)8-17-12/h4-8H,3H2,1-2H3. The number of ether oxygens (including phenoxy) is 1. The average molecular weight is 283 g/mol. The Balaban J connectivity index is 2.17. The van der Waals surface area contributed by atoms with E-state index in [9.17, 15) is 4.79 Å². The predicted octanol–water partition coefficient (Wildman–Crippen LogP) is 1.67.